The van der Waals surface area contributed by atoms with Crippen molar-refractivity contribution >= 4 is 12.1 Å². The fourth-order valence-corrected chi connectivity index (χ4v) is 0.911. The zero-order chi connectivity index (χ0) is 13.6. The van der Waals surface area contributed by atoms with Crippen LogP contribution in [0.4, 0.5) is 4.79 Å². The number of carboxylic acid groups (broad SMARTS) is 1. The topological polar surface area (TPSA) is 75.6 Å². The lowest BCUT2D eigenvalue weighted by Crippen LogP contribution is -2.34. The van der Waals surface area contributed by atoms with E-state index in [-0.39, 0.29) is 11.6 Å². The molecule has 17 heavy (non-hydrogen) atoms. The molecule has 0 aromatic heterocycles. The van der Waals surface area contributed by atoms with E-state index in [9.17, 15) is 9.59 Å². The highest BCUT2D eigenvalue weighted by Gasteiger charge is 2.19. The summed E-state index contributed by atoms with van der Waals surface area (Å²) in [5.74, 6) is -1.37. The molecule has 2 N–H and O–H groups in total. The van der Waals surface area contributed by atoms with Crippen molar-refractivity contribution in [2.45, 2.75) is 33.3 Å². The molecule has 1 amide bonds. The smallest absolute Gasteiger partial charge is 0.412 e. The van der Waals surface area contributed by atoms with Gasteiger partial charge in [0, 0.05) is 0 Å². The predicted molar refractivity (Wildman–Crippen MR) is 64.4 cm³/mol. The van der Waals surface area contributed by atoms with Crippen LogP contribution in [0.1, 0.15) is 27.7 Å². The molecule has 5 heteroatoms. The Morgan fingerprint density at radius 3 is 2.29 bits per heavy atom. The summed E-state index contributed by atoms with van der Waals surface area (Å²) in [4.78, 5) is 22.3. The molecule has 0 heterocycles. The summed E-state index contributed by atoms with van der Waals surface area (Å²) in [6.45, 7) is 10.4. The van der Waals surface area contributed by atoms with Crippen LogP contribution in [0.15, 0.2) is 24.4 Å². The van der Waals surface area contributed by atoms with Crippen molar-refractivity contribution in [1.82, 2.24) is 5.32 Å². The molecule has 0 radical (unpaired) electrons. The van der Waals surface area contributed by atoms with Gasteiger partial charge < -0.3 is 9.84 Å². The summed E-state index contributed by atoms with van der Waals surface area (Å²) in [5, 5.41) is 11.1. The SMILES string of the molecule is C=CC(C)/C=C(/NC(=O)OC(C)(C)C)C(=O)O. The van der Waals surface area contributed by atoms with E-state index in [2.05, 4.69) is 11.9 Å². The van der Waals surface area contributed by atoms with E-state index >= 15 is 0 Å². The summed E-state index contributed by atoms with van der Waals surface area (Å²) in [6.07, 6.45) is 2.17. The highest BCUT2D eigenvalue weighted by Crippen LogP contribution is 2.08. The molecule has 1 atom stereocenters. The maximum atomic E-state index is 11.4. The van der Waals surface area contributed by atoms with E-state index in [0.29, 0.717) is 0 Å². The minimum Gasteiger partial charge on any atom is -0.477 e. The fourth-order valence-electron chi connectivity index (χ4n) is 0.911. The maximum Gasteiger partial charge on any atom is 0.412 e. The van der Waals surface area contributed by atoms with Crippen molar-refractivity contribution in [1.29, 1.82) is 0 Å². The van der Waals surface area contributed by atoms with Gasteiger partial charge in [0.25, 0.3) is 0 Å². The largest absolute Gasteiger partial charge is 0.477 e. The van der Waals surface area contributed by atoms with Crippen molar-refractivity contribution in [2.24, 2.45) is 5.92 Å². The molecule has 0 spiro atoms. The Kier molecular flexibility index (Phi) is 5.44. The fraction of sp³-hybridized carbons (Fsp3) is 0.500. The highest BCUT2D eigenvalue weighted by molar-refractivity contribution is 5.90. The number of hydrogen-bond acceptors (Lipinski definition) is 3. The molecule has 1 unspecified atom stereocenters. The molecule has 0 bridgehead atoms. The second-order valence-electron chi connectivity index (χ2n) is 4.61. The first kappa shape index (κ1) is 15.2. The van der Waals surface area contributed by atoms with E-state index < -0.39 is 17.7 Å². The Labute approximate surface area is 101 Å². The predicted octanol–water partition coefficient (Wildman–Crippen LogP) is 2.30. The number of nitrogens with one attached hydrogen (secondary N) is 1. The van der Waals surface area contributed by atoms with Gasteiger partial charge in [0.05, 0.1) is 0 Å². The summed E-state index contributed by atoms with van der Waals surface area (Å²) >= 11 is 0. The van der Waals surface area contributed by atoms with Crippen molar-refractivity contribution in [3.8, 4) is 0 Å². The molecule has 0 fully saturated rings. The lowest BCUT2D eigenvalue weighted by atomic mass is 10.1. The number of rotatable bonds is 4. The minimum absolute atomic E-state index is 0.156. The van der Waals surface area contributed by atoms with Crippen molar-refractivity contribution in [3.63, 3.8) is 0 Å². The lowest BCUT2D eigenvalue weighted by Gasteiger charge is -2.19. The zero-order valence-electron chi connectivity index (χ0n) is 10.6. The number of alkyl carbamates (subject to hydrolysis) is 1. The van der Waals surface area contributed by atoms with Gasteiger partial charge in [-0.25, -0.2) is 9.59 Å². The summed E-state index contributed by atoms with van der Waals surface area (Å²) in [6, 6.07) is 0. The first-order valence-electron chi connectivity index (χ1n) is 5.23. The number of carboxylic acids is 1. The standard InChI is InChI=1S/C12H19NO4/c1-6-8(2)7-9(10(14)15)13-11(16)17-12(3,4)5/h6-8H,1H2,2-5H3,(H,13,16)(H,14,15)/b9-7+. The van der Waals surface area contributed by atoms with Crippen LogP contribution in [0.25, 0.3) is 0 Å². The summed E-state index contributed by atoms with van der Waals surface area (Å²) < 4.78 is 4.95. The van der Waals surface area contributed by atoms with Gasteiger partial charge in [0.1, 0.15) is 11.3 Å². The number of allylic oxidation sites excluding steroid dienone is 2. The van der Waals surface area contributed by atoms with Gasteiger partial charge in [-0.3, -0.25) is 5.32 Å². The quantitative estimate of drug-likeness (QED) is 0.585. The second kappa shape index (κ2) is 6.08. The highest BCUT2D eigenvalue weighted by atomic mass is 16.6. The van der Waals surface area contributed by atoms with E-state index in [0.717, 1.165) is 0 Å². The second-order valence-corrected chi connectivity index (χ2v) is 4.61. The third kappa shape index (κ3) is 7.16. The van der Waals surface area contributed by atoms with Gasteiger partial charge >= 0.3 is 12.1 Å². The third-order valence-electron chi connectivity index (χ3n) is 1.67. The van der Waals surface area contributed by atoms with Crippen molar-refractivity contribution < 1.29 is 19.4 Å². The van der Waals surface area contributed by atoms with Crippen LogP contribution in [0, 0.1) is 5.92 Å². The molecule has 0 aliphatic rings. The van der Waals surface area contributed by atoms with Crippen LogP contribution in [-0.4, -0.2) is 22.8 Å². The van der Waals surface area contributed by atoms with Crippen LogP contribution < -0.4 is 5.32 Å². The van der Waals surface area contributed by atoms with Gasteiger partial charge in [-0.1, -0.05) is 13.0 Å². The van der Waals surface area contributed by atoms with E-state index in [1.807, 2.05) is 0 Å². The monoisotopic (exact) mass is 241 g/mol. The van der Waals surface area contributed by atoms with Gasteiger partial charge in [-0.15, -0.1) is 6.58 Å². The number of amides is 1. The number of carbonyl (C=O) groups excluding carboxylic acids is 1. The lowest BCUT2D eigenvalue weighted by molar-refractivity contribution is -0.133. The molecule has 5 nitrogen and oxygen atoms in total. The number of ether oxygens (including phenoxy) is 1. The molecule has 0 saturated carbocycles. The van der Waals surface area contributed by atoms with Crippen molar-refractivity contribution in [3.05, 3.63) is 24.4 Å². The summed E-state index contributed by atoms with van der Waals surface area (Å²) in [7, 11) is 0. The molecule has 0 rings (SSSR count). The third-order valence-corrected chi connectivity index (χ3v) is 1.67. The Morgan fingerprint density at radius 1 is 1.41 bits per heavy atom. The first-order chi connectivity index (χ1) is 7.65. The molecule has 0 aliphatic carbocycles. The number of hydrogen-bond donors (Lipinski definition) is 2. The van der Waals surface area contributed by atoms with Crippen LogP contribution in [-0.2, 0) is 9.53 Å². The molecule has 0 saturated heterocycles. The molecule has 0 aliphatic heterocycles. The first-order valence-corrected chi connectivity index (χ1v) is 5.23. The molecular formula is C12H19NO4. The molecular weight excluding hydrogens is 222 g/mol. The number of carbonyl (C=O) groups is 2. The maximum absolute atomic E-state index is 11.4. The Morgan fingerprint density at radius 2 is 1.94 bits per heavy atom. The van der Waals surface area contributed by atoms with E-state index in [1.165, 1.54) is 6.08 Å². The molecule has 0 aromatic carbocycles. The Hall–Kier alpha value is -1.78. The van der Waals surface area contributed by atoms with E-state index in [4.69, 9.17) is 9.84 Å². The van der Waals surface area contributed by atoms with Gasteiger partial charge in [0.15, 0.2) is 0 Å². The van der Waals surface area contributed by atoms with Crippen LogP contribution in [0.2, 0.25) is 0 Å². The minimum atomic E-state index is -1.22. The zero-order valence-corrected chi connectivity index (χ0v) is 10.6. The Balaban J connectivity index is 4.68. The molecule has 96 valence electrons. The average molecular weight is 241 g/mol. The average Bonchev–Trinajstić information content (AvgIpc) is 2.13. The van der Waals surface area contributed by atoms with Crippen molar-refractivity contribution in [2.75, 3.05) is 0 Å². The van der Waals surface area contributed by atoms with Gasteiger partial charge in [-0.05, 0) is 32.8 Å². The van der Waals surface area contributed by atoms with Crippen LogP contribution >= 0.6 is 0 Å². The Bertz CT molecular complexity index is 339. The van der Waals surface area contributed by atoms with Gasteiger partial charge in [0.2, 0.25) is 0 Å². The van der Waals surface area contributed by atoms with Crippen LogP contribution in [0.3, 0.4) is 0 Å². The molecule has 0 aromatic rings. The summed E-state index contributed by atoms with van der Waals surface area (Å²) in [5.41, 5.74) is -0.885. The van der Waals surface area contributed by atoms with Gasteiger partial charge in [-0.2, -0.15) is 0 Å². The number of aliphatic carboxylic acids is 1. The normalized spacial score (nSPS) is 13.8. The van der Waals surface area contributed by atoms with E-state index in [1.54, 1.807) is 33.8 Å². The van der Waals surface area contributed by atoms with Crippen LogP contribution in [0.5, 0.6) is 0 Å².